The second kappa shape index (κ2) is 11.9. The van der Waals surface area contributed by atoms with Crippen molar-refractivity contribution in [3.8, 4) is 21.1 Å². The first-order valence-corrected chi connectivity index (χ1v) is 16.0. The number of thiazole rings is 1. The molecule has 43 heavy (non-hydrogen) atoms. The van der Waals surface area contributed by atoms with Crippen molar-refractivity contribution < 1.29 is 31.1 Å². The number of hydrogen-bond acceptors (Lipinski definition) is 9. The Bertz CT molecular complexity index is 1750. The summed E-state index contributed by atoms with van der Waals surface area (Å²) in [6, 6.07) is 4.12. The van der Waals surface area contributed by atoms with Crippen molar-refractivity contribution in [1.82, 2.24) is 24.7 Å². The van der Waals surface area contributed by atoms with Gasteiger partial charge in [-0.3, -0.25) is 9.78 Å². The minimum Gasteiger partial charge on any atom is -0.461 e. The molecular weight excluding hydrogens is 603 g/mol. The first-order chi connectivity index (χ1) is 20.3. The molecule has 0 radical (unpaired) electrons. The Balaban J connectivity index is 1.59. The summed E-state index contributed by atoms with van der Waals surface area (Å²) in [5, 5.41) is 1.37. The Morgan fingerprint density at radius 1 is 1.16 bits per heavy atom. The second-order valence-corrected chi connectivity index (χ2v) is 13.9. The van der Waals surface area contributed by atoms with Crippen molar-refractivity contribution in [2.45, 2.75) is 75.6 Å². The van der Waals surface area contributed by atoms with Crippen molar-refractivity contribution in [2.24, 2.45) is 5.92 Å². The first kappa shape index (κ1) is 31.0. The number of ether oxygens (including phenoxy) is 1. The van der Waals surface area contributed by atoms with E-state index in [0.29, 0.717) is 46.2 Å². The van der Waals surface area contributed by atoms with Crippen LogP contribution in [0.2, 0.25) is 0 Å². The van der Waals surface area contributed by atoms with Crippen molar-refractivity contribution in [1.29, 1.82) is 0 Å². The van der Waals surface area contributed by atoms with E-state index in [0.717, 1.165) is 43.2 Å². The maximum absolute atomic E-state index is 13.2. The highest BCUT2D eigenvalue weighted by molar-refractivity contribution is 7.89. The Kier molecular flexibility index (Phi) is 8.56. The highest BCUT2D eigenvalue weighted by Crippen LogP contribution is 2.42. The van der Waals surface area contributed by atoms with Crippen LogP contribution >= 0.6 is 11.3 Å². The zero-order valence-corrected chi connectivity index (χ0v) is 25.3. The predicted molar refractivity (Wildman–Crippen MR) is 156 cm³/mol. The molecule has 1 atom stereocenters. The van der Waals surface area contributed by atoms with Crippen LogP contribution in [0.3, 0.4) is 0 Å². The monoisotopic (exact) mass is 633 g/mol. The number of carbonyl (C=O) groups excluding carboxylic acids is 1. The minimum atomic E-state index is -4.74. The average molecular weight is 634 g/mol. The number of rotatable bonds is 11. The summed E-state index contributed by atoms with van der Waals surface area (Å²) >= 11 is 1.40. The van der Waals surface area contributed by atoms with Gasteiger partial charge in [-0.1, -0.05) is 25.3 Å². The van der Waals surface area contributed by atoms with Gasteiger partial charge in [0.05, 0.1) is 15.5 Å². The lowest BCUT2D eigenvalue weighted by Crippen LogP contribution is -2.43. The Hall–Kier alpha value is -3.49. The molecule has 3 aromatic heterocycles. The highest BCUT2D eigenvalue weighted by Gasteiger charge is 2.39. The predicted octanol–water partition coefficient (Wildman–Crippen LogP) is 5.88. The van der Waals surface area contributed by atoms with Gasteiger partial charge in [-0.15, -0.1) is 11.3 Å². The van der Waals surface area contributed by atoms with Crippen LogP contribution < -0.4 is 4.72 Å². The molecule has 0 unspecified atom stereocenters. The van der Waals surface area contributed by atoms with Gasteiger partial charge in [0.2, 0.25) is 10.0 Å². The van der Waals surface area contributed by atoms with Crippen molar-refractivity contribution in [3.63, 3.8) is 0 Å². The molecule has 228 valence electrons. The largest absolute Gasteiger partial charge is 0.461 e. The molecule has 4 aromatic rings. The standard InChI is InChI=1S/C29H30F3N5O4S2/c1-17(29(30,31)32)37-43(39,40)25-8-7-21(20-9-10-33-14-22(20)25)26-23(11-18-5-4-6-18)36-27(42-26)24-12-19(34-15-35-24)13-28(2,3)41-16-38/h7-10,12,14-18,37H,4-6,11,13H2,1-3H3/t17-/m0/s1. The smallest absolute Gasteiger partial charge is 0.404 e. The Labute approximate surface area is 251 Å². The fourth-order valence-corrected chi connectivity index (χ4v) is 7.48. The number of alkyl halides is 3. The molecule has 1 aromatic carbocycles. The van der Waals surface area contributed by atoms with Crippen LogP contribution in [-0.4, -0.2) is 52.6 Å². The van der Waals surface area contributed by atoms with Crippen LogP contribution in [0.5, 0.6) is 0 Å². The van der Waals surface area contributed by atoms with Crippen LogP contribution in [0.1, 0.15) is 51.4 Å². The third-order valence-electron chi connectivity index (χ3n) is 7.46. The van der Waals surface area contributed by atoms with Gasteiger partial charge in [-0.2, -0.15) is 17.9 Å². The van der Waals surface area contributed by atoms with Gasteiger partial charge in [0, 0.05) is 35.5 Å². The normalized spacial score (nSPS) is 15.3. The number of nitrogens with zero attached hydrogens (tertiary/aromatic N) is 4. The number of aromatic nitrogens is 4. The molecule has 0 bridgehead atoms. The molecule has 0 amide bonds. The van der Waals surface area contributed by atoms with E-state index in [9.17, 15) is 26.4 Å². The lowest BCUT2D eigenvalue weighted by Gasteiger charge is -2.24. The highest BCUT2D eigenvalue weighted by atomic mass is 32.2. The van der Waals surface area contributed by atoms with Crippen LogP contribution in [0, 0.1) is 5.92 Å². The third-order valence-corrected chi connectivity index (χ3v) is 10.2. The molecule has 9 nitrogen and oxygen atoms in total. The third kappa shape index (κ3) is 6.86. The van der Waals surface area contributed by atoms with E-state index in [1.807, 2.05) is 0 Å². The molecule has 0 saturated heterocycles. The molecule has 1 aliphatic carbocycles. The van der Waals surface area contributed by atoms with Crippen molar-refractivity contribution in [2.75, 3.05) is 0 Å². The molecule has 3 heterocycles. The number of fused-ring (bicyclic) bond motifs is 1. The molecule has 0 spiro atoms. The summed E-state index contributed by atoms with van der Waals surface area (Å²) in [7, 11) is -4.53. The van der Waals surface area contributed by atoms with Crippen LogP contribution in [-0.2, 0) is 32.4 Å². The number of halogens is 3. The first-order valence-electron chi connectivity index (χ1n) is 13.7. The van der Waals surface area contributed by atoms with Crippen molar-refractivity contribution >= 4 is 38.6 Å². The number of hydrogen-bond donors (Lipinski definition) is 1. The van der Waals surface area contributed by atoms with E-state index in [1.165, 1.54) is 36.1 Å². The number of carbonyl (C=O) groups is 1. The van der Waals surface area contributed by atoms with Gasteiger partial charge < -0.3 is 4.74 Å². The number of sulfonamides is 1. The lowest BCUT2D eigenvalue weighted by atomic mass is 9.81. The van der Waals surface area contributed by atoms with Gasteiger partial charge in [0.25, 0.3) is 6.47 Å². The fourth-order valence-electron chi connectivity index (χ4n) is 4.96. The zero-order chi connectivity index (χ0) is 31.0. The van der Waals surface area contributed by atoms with Crippen LogP contribution in [0.25, 0.3) is 31.9 Å². The zero-order valence-electron chi connectivity index (χ0n) is 23.7. The maximum atomic E-state index is 13.2. The van der Waals surface area contributed by atoms with E-state index in [1.54, 1.807) is 36.8 Å². The van der Waals surface area contributed by atoms with Crippen LogP contribution in [0.15, 0.2) is 47.9 Å². The van der Waals surface area contributed by atoms with Crippen molar-refractivity contribution in [3.05, 3.63) is 54.4 Å². The van der Waals surface area contributed by atoms with Gasteiger partial charge in [0.1, 0.15) is 28.7 Å². The summed E-state index contributed by atoms with van der Waals surface area (Å²) in [5.74, 6) is 0.469. The van der Waals surface area contributed by atoms with Crippen LogP contribution in [0.4, 0.5) is 13.2 Å². The molecular formula is C29H30F3N5O4S2. The molecule has 14 heteroatoms. The molecule has 1 aliphatic rings. The summed E-state index contributed by atoms with van der Waals surface area (Å²) in [5.41, 5.74) is 2.04. The van der Waals surface area contributed by atoms with E-state index >= 15 is 0 Å². The van der Waals surface area contributed by atoms with Gasteiger partial charge in [-0.05, 0) is 56.7 Å². The maximum Gasteiger partial charge on any atom is 0.404 e. The summed E-state index contributed by atoms with van der Waals surface area (Å²) in [4.78, 5) is 29.2. The van der Waals surface area contributed by atoms with E-state index < -0.39 is 27.8 Å². The molecule has 1 saturated carbocycles. The summed E-state index contributed by atoms with van der Waals surface area (Å²) < 4.78 is 72.6. The Morgan fingerprint density at radius 2 is 1.93 bits per heavy atom. The number of nitrogens with one attached hydrogen (secondary N) is 1. The molecule has 0 aliphatic heterocycles. The van der Waals surface area contributed by atoms with Gasteiger partial charge in [0.15, 0.2) is 0 Å². The number of benzene rings is 1. The topological polar surface area (TPSA) is 124 Å². The van der Waals surface area contributed by atoms with Gasteiger partial charge >= 0.3 is 6.18 Å². The number of pyridine rings is 1. The molecule has 1 N–H and O–H groups in total. The SMILES string of the molecule is C[C@H](NS(=O)(=O)c1ccc(-c2sc(-c3cc(CC(C)(C)OC=O)ncn3)nc2CC2CCC2)c2ccncc12)C(F)(F)F. The van der Waals surface area contributed by atoms with E-state index in [-0.39, 0.29) is 10.3 Å². The van der Waals surface area contributed by atoms with E-state index in [4.69, 9.17) is 9.72 Å². The lowest BCUT2D eigenvalue weighted by molar-refractivity contribution is -0.147. The minimum absolute atomic E-state index is 0.202. The average Bonchev–Trinajstić information content (AvgIpc) is 3.33. The summed E-state index contributed by atoms with van der Waals surface area (Å²) in [6.45, 7) is 4.73. The molecule has 1 fully saturated rings. The Morgan fingerprint density at radius 3 is 2.60 bits per heavy atom. The molecule has 5 rings (SSSR count). The fraction of sp³-hybridized carbons (Fsp3) is 0.414. The van der Waals surface area contributed by atoms with E-state index in [2.05, 4.69) is 15.0 Å². The second-order valence-electron chi connectivity index (χ2n) is 11.3. The summed E-state index contributed by atoms with van der Waals surface area (Å²) in [6.07, 6.45) is 3.96. The van der Waals surface area contributed by atoms with Gasteiger partial charge in [-0.25, -0.2) is 23.4 Å². The quantitative estimate of drug-likeness (QED) is 0.203.